The molecule has 0 fully saturated rings. The highest BCUT2D eigenvalue weighted by molar-refractivity contribution is 6.03. The van der Waals surface area contributed by atoms with E-state index >= 15 is 0 Å². The van der Waals surface area contributed by atoms with Gasteiger partial charge < -0.3 is 15.2 Å². The van der Waals surface area contributed by atoms with Gasteiger partial charge in [-0.2, -0.15) is 0 Å². The second-order valence-corrected chi connectivity index (χ2v) is 7.70. The van der Waals surface area contributed by atoms with Crippen LogP contribution in [0.15, 0.2) is 58.4 Å². The van der Waals surface area contributed by atoms with Crippen molar-refractivity contribution in [3.63, 3.8) is 0 Å². The summed E-state index contributed by atoms with van der Waals surface area (Å²) in [6.45, 7) is 5.98. The number of nitroso groups, excluding NO2 is 1. The minimum atomic E-state index is -0.418. The van der Waals surface area contributed by atoms with Crippen molar-refractivity contribution in [2.75, 3.05) is 10.6 Å². The molecule has 30 heavy (non-hydrogen) atoms. The van der Waals surface area contributed by atoms with Crippen LogP contribution >= 0.6 is 0 Å². The number of amides is 2. The topological polar surface area (TPSA) is 127 Å². The molecule has 0 radical (unpaired) electrons. The van der Waals surface area contributed by atoms with E-state index in [0.29, 0.717) is 17.3 Å². The highest BCUT2D eigenvalue weighted by Gasteiger charge is 2.20. The predicted octanol–water partition coefficient (Wildman–Crippen LogP) is 4.20. The van der Waals surface area contributed by atoms with Crippen molar-refractivity contribution in [1.29, 1.82) is 0 Å². The molecule has 0 saturated carbocycles. The summed E-state index contributed by atoms with van der Waals surface area (Å²) in [6, 6.07) is 11.4. The molecule has 2 N–H and O–H groups in total. The smallest absolute Gasteiger partial charge is 0.274 e. The van der Waals surface area contributed by atoms with Gasteiger partial charge in [-0.15, -0.1) is 4.91 Å². The molecule has 0 spiro atoms. The lowest BCUT2D eigenvalue weighted by molar-refractivity contribution is -0.115. The standard InChI is InChI=1S/C21H21N5O4/c1-21(2,3)17-11-18(26-30-17)24-19(27)10-13-4-6-14(7-5-13)23-20(28)16-9-8-15(25-29)12-22-16/h4-9,11-12H,10H2,1-3H3,(H,23,28)(H,24,26,27). The fourth-order valence-electron chi connectivity index (χ4n) is 2.54. The molecule has 2 amide bonds. The Morgan fingerprint density at radius 3 is 2.37 bits per heavy atom. The summed E-state index contributed by atoms with van der Waals surface area (Å²) in [5, 5.41) is 12.0. The number of hydrogen-bond donors (Lipinski definition) is 2. The summed E-state index contributed by atoms with van der Waals surface area (Å²) >= 11 is 0. The van der Waals surface area contributed by atoms with Crippen LogP contribution < -0.4 is 10.6 Å². The second kappa shape index (κ2) is 8.64. The Morgan fingerprint density at radius 1 is 1.07 bits per heavy atom. The minimum absolute atomic E-state index is 0.146. The normalized spacial score (nSPS) is 11.0. The van der Waals surface area contributed by atoms with Crippen molar-refractivity contribution in [2.45, 2.75) is 32.6 Å². The number of nitrogens with one attached hydrogen (secondary N) is 2. The number of benzene rings is 1. The van der Waals surface area contributed by atoms with E-state index in [1.807, 2.05) is 20.8 Å². The summed E-state index contributed by atoms with van der Waals surface area (Å²) in [5.41, 5.74) is 1.43. The molecule has 9 heteroatoms. The summed E-state index contributed by atoms with van der Waals surface area (Å²) < 4.78 is 5.25. The molecule has 0 aliphatic heterocycles. The van der Waals surface area contributed by atoms with Crippen molar-refractivity contribution in [3.8, 4) is 0 Å². The average molecular weight is 407 g/mol. The number of hydrogen-bond acceptors (Lipinski definition) is 7. The maximum atomic E-state index is 12.2. The fourth-order valence-corrected chi connectivity index (χ4v) is 2.54. The number of pyridine rings is 1. The Bertz CT molecular complexity index is 1050. The molecule has 3 rings (SSSR count). The van der Waals surface area contributed by atoms with E-state index in [-0.39, 0.29) is 29.1 Å². The maximum Gasteiger partial charge on any atom is 0.274 e. The van der Waals surface area contributed by atoms with Crippen LogP contribution in [0.4, 0.5) is 17.2 Å². The Balaban J connectivity index is 1.55. The lowest BCUT2D eigenvalue weighted by atomic mass is 9.93. The van der Waals surface area contributed by atoms with Gasteiger partial charge >= 0.3 is 0 Å². The van der Waals surface area contributed by atoms with Gasteiger partial charge in [-0.25, -0.2) is 4.98 Å². The summed E-state index contributed by atoms with van der Waals surface area (Å²) in [6.07, 6.45) is 1.37. The van der Waals surface area contributed by atoms with Crippen molar-refractivity contribution in [2.24, 2.45) is 5.18 Å². The van der Waals surface area contributed by atoms with Crippen LogP contribution in [0.25, 0.3) is 0 Å². The first-order valence-electron chi connectivity index (χ1n) is 9.21. The first-order valence-corrected chi connectivity index (χ1v) is 9.21. The van der Waals surface area contributed by atoms with Crippen molar-refractivity contribution in [1.82, 2.24) is 10.1 Å². The predicted molar refractivity (Wildman–Crippen MR) is 112 cm³/mol. The molecule has 0 unspecified atom stereocenters. The number of rotatable bonds is 6. The molecule has 9 nitrogen and oxygen atoms in total. The third-order valence-corrected chi connectivity index (χ3v) is 4.18. The molecule has 0 saturated heterocycles. The van der Waals surface area contributed by atoms with Gasteiger partial charge in [0.2, 0.25) is 5.91 Å². The fraction of sp³-hybridized carbons (Fsp3) is 0.238. The zero-order valence-corrected chi connectivity index (χ0v) is 16.8. The molecule has 0 bridgehead atoms. The van der Waals surface area contributed by atoms with E-state index < -0.39 is 5.91 Å². The van der Waals surface area contributed by atoms with Crippen LogP contribution in [0.3, 0.4) is 0 Å². The van der Waals surface area contributed by atoms with Gasteiger partial charge in [-0.3, -0.25) is 9.59 Å². The highest BCUT2D eigenvalue weighted by Crippen LogP contribution is 2.24. The van der Waals surface area contributed by atoms with E-state index in [1.165, 1.54) is 18.3 Å². The van der Waals surface area contributed by atoms with Gasteiger partial charge in [-0.05, 0) is 35.0 Å². The van der Waals surface area contributed by atoms with Crippen LogP contribution in [0.2, 0.25) is 0 Å². The van der Waals surface area contributed by atoms with Crippen molar-refractivity contribution >= 4 is 29.0 Å². The molecule has 154 valence electrons. The molecule has 0 aliphatic rings. The lowest BCUT2D eigenvalue weighted by Gasteiger charge is -2.12. The van der Waals surface area contributed by atoms with Crippen molar-refractivity contribution in [3.05, 3.63) is 70.6 Å². The first kappa shape index (κ1) is 20.8. The molecule has 2 heterocycles. The summed E-state index contributed by atoms with van der Waals surface area (Å²) in [5.74, 6) is 0.411. The quantitative estimate of drug-likeness (QED) is 0.590. The largest absolute Gasteiger partial charge is 0.359 e. The zero-order valence-electron chi connectivity index (χ0n) is 16.8. The molecule has 2 aromatic heterocycles. The Labute approximate surface area is 172 Å². The molecular formula is C21H21N5O4. The van der Waals surface area contributed by atoms with Crippen LogP contribution in [-0.4, -0.2) is 22.0 Å². The highest BCUT2D eigenvalue weighted by atomic mass is 16.5. The van der Waals surface area contributed by atoms with Crippen LogP contribution in [0.5, 0.6) is 0 Å². The number of carbonyl (C=O) groups is 2. The molecular weight excluding hydrogens is 386 g/mol. The van der Waals surface area contributed by atoms with Gasteiger partial charge in [0.1, 0.15) is 17.1 Å². The van der Waals surface area contributed by atoms with Crippen LogP contribution in [-0.2, 0) is 16.6 Å². The number of nitrogens with zero attached hydrogens (tertiary/aromatic N) is 3. The number of aromatic nitrogens is 2. The van der Waals surface area contributed by atoms with Crippen LogP contribution in [0.1, 0.15) is 42.6 Å². The van der Waals surface area contributed by atoms with Gasteiger partial charge in [0, 0.05) is 17.2 Å². The van der Waals surface area contributed by atoms with E-state index in [1.54, 1.807) is 30.3 Å². The lowest BCUT2D eigenvalue weighted by Crippen LogP contribution is -2.15. The first-order chi connectivity index (χ1) is 14.2. The number of carbonyl (C=O) groups excluding carboxylic acids is 2. The molecule has 1 aromatic carbocycles. The van der Waals surface area contributed by atoms with E-state index in [4.69, 9.17) is 4.52 Å². The van der Waals surface area contributed by atoms with Crippen molar-refractivity contribution < 1.29 is 14.1 Å². The van der Waals surface area contributed by atoms with E-state index in [0.717, 1.165) is 5.56 Å². The monoisotopic (exact) mass is 407 g/mol. The summed E-state index contributed by atoms with van der Waals surface area (Å²) in [7, 11) is 0. The van der Waals surface area contributed by atoms with Gasteiger partial charge in [-0.1, -0.05) is 38.1 Å². The average Bonchev–Trinajstić information content (AvgIpc) is 3.18. The Morgan fingerprint density at radius 2 is 1.80 bits per heavy atom. The Kier molecular flexibility index (Phi) is 6.01. The molecule has 0 atom stereocenters. The van der Waals surface area contributed by atoms with E-state index in [2.05, 4.69) is 26.0 Å². The van der Waals surface area contributed by atoms with Gasteiger partial charge in [0.15, 0.2) is 5.82 Å². The van der Waals surface area contributed by atoms with Gasteiger partial charge in [0.25, 0.3) is 5.91 Å². The SMILES string of the molecule is CC(C)(C)c1cc(NC(=O)Cc2ccc(NC(=O)c3ccc(N=O)cn3)cc2)no1. The number of anilines is 2. The minimum Gasteiger partial charge on any atom is -0.359 e. The Hall–Kier alpha value is -3.88. The molecule has 3 aromatic rings. The molecule has 0 aliphatic carbocycles. The summed E-state index contributed by atoms with van der Waals surface area (Å²) in [4.78, 5) is 38.7. The third-order valence-electron chi connectivity index (χ3n) is 4.18. The van der Waals surface area contributed by atoms with Crippen LogP contribution in [0, 0.1) is 4.91 Å². The third kappa shape index (κ3) is 5.34. The van der Waals surface area contributed by atoms with E-state index in [9.17, 15) is 14.5 Å². The maximum absolute atomic E-state index is 12.2. The second-order valence-electron chi connectivity index (χ2n) is 7.70. The van der Waals surface area contributed by atoms with Gasteiger partial charge in [0.05, 0.1) is 12.6 Å². The zero-order chi connectivity index (χ0) is 21.7.